The number of halogens is 2. The first-order chi connectivity index (χ1) is 11.6. The molecule has 0 saturated carbocycles. The van der Waals surface area contributed by atoms with Gasteiger partial charge in [0, 0.05) is 0 Å². The topological polar surface area (TPSA) is 18.5 Å². The summed E-state index contributed by atoms with van der Waals surface area (Å²) in [7, 11) is -2.78. The van der Waals surface area contributed by atoms with Gasteiger partial charge in [0.1, 0.15) is 0 Å². The van der Waals surface area contributed by atoms with Crippen LogP contribution in [-0.4, -0.2) is 29.8 Å². The van der Waals surface area contributed by atoms with E-state index in [0.29, 0.717) is 0 Å². The number of hydrogen-bond donors (Lipinski definition) is 0. The van der Waals surface area contributed by atoms with E-state index in [-0.39, 0.29) is 24.8 Å². The predicted molar refractivity (Wildman–Crippen MR) is 109 cm³/mol. The molecule has 152 valence electrons. The number of allylic oxidation sites excluding steroid dienone is 6. The summed E-state index contributed by atoms with van der Waals surface area (Å²) < 4.78 is 15.7. The molecule has 2 rings (SSSR count). The Hall–Kier alpha value is 0.777. The molecule has 2 nitrogen and oxygen atoms in total. The predicted octanol–water partition coefficient (Wildman–Crippen LogP) is -0.0119. The van der Waals surface area contributed by atoms with E-state index in [1.54, 1.807) is 17.7 Å². The largest absolute Gasteiger partial charge is 1.00 e. The van der Waals surface area contributed by atoms with Gasteiger partial charge in [-0.2, -0.15) is 0 Å². The van der Waals surface area contributed by atoms with E-state index in [4.69, 9.17) is 8.85 Å². The number of rotatable bonds is 10. The van der Waals surface area contributed by atoms with Gasteiger partial charge in [-0.25, -0.2) is 0 Å². The molecule has 0 atom stereocenters. The first-order valence-electron chi connectivity index (χ1n) is 9.46. The van der Waals surface area contributed by atoms with Crippen molar-refractivity contribution in [3.8, 4) is 0 Å². The summed E-state index contributed by atoms with van der Waals surface area (Å²) in [5.74, 6) is 0. The fourth-order valence-electron chi connectivity index (χ4n) is 2.95. The van der Waals surface area contributed by atoms with Gasteiger partial charge < -0.3 is 24.8 Å². The zero-order valence-corrected chi connectivity index (χ0v) is 23.6. The Morgan fingerprint density at radius 2 is 1.11 bits per heavy atom. The maximum atomic E-state index is 6.07. The van der Waals surface area contributed by atoms with Crippen molar-refractivity contribution < 1.29 is 56.9 Å². The average Bonchev–Trinajstić information content (AvgIpc) is 3.07. The van der Waals surface area contributed by atoms with Gasteiger partial charge in [-0.05, 0) is 0 Å². The Morgan fingerprint density at radius 1 is 0.741 bits per heavy atom. The second kappa shape index (κ2) is 12.5. The minimum absolute atomic E-state index is 0. The van der Waals surface area contributed by atoms with E-state index in [1.807, 2.05) is 0 Å². The van der Waals surface area contributed by atoms with Crippen LogP contribution in [0.3, 0.4) is 0 Å². The Kier molecular flexibility index (Phi) is 12.8. The molecular formula is C20H34Cl2O2Si2Zr. The van der Waals surface area contributed by atoms with E-state index in [0.717, 1.165) is 26.1 Å². The molecule has 0 amide bonds. The van der Waals surface area contributed by atoms with Gasteiger partial charge in [-0.1, -0.05) is 0 Å². The summed E-state index contributed by atoms with van der Waals surface area (Å²) in [5.41, 5.74) is 3.17. The molecule has 0 N–H and O–H groups in total. The van der Waals surface area contributed by atoms with E-state index >= 15 is 0 Å². The average molecular weight is 525 g/mol. The zero-order valence-electron chi connectivity index (χ0n) is 17.6. The maximum Gasteiger partial charge on any atom is -1.00 e. The molecule has 2 aliphatic rings. The summed E-state index contributed by atoms with van der Waals surface area (Å²) >= 11 is -0.631. The summed E-state index contributed by atoms with van der Waals surface area (Å²) in [5, 5.41) is 0. The van der Waals surface area contributed by atoms with Crippen molar-refractivity contribution in [1.82, 2.24) is 0 Å². The van der Waals surface area contributed by atoms with Crippen molar-refractivity contribution in [2.24, 2.45) is 0 Å². The van der Waals surface area contributed by atoms with Crippen molar-refractivity contribution in [3.63, 3.8) is 0 Å². The number of hydrogen-bond acceptors (Lipinski definition) is 2. The monoisotopic (exact) mass is 522 g/mol. The first-order valence-corrected chi connectivity index (χ1v) is 18.7. The van der Waals surface area contributed by atoms with Gasteiger partial charge in [0.05, 0.1) is 0 Å². The smallest absolute Gasteiger partial charge is 1.00 e. The normalized spacial score (nSPS) is 16.5. The molecule has 0 spiro atoms. The van der Waals surface area contributed by atoms with Crippen molar-refractivity contribution in [1.29, 1.82) is 0 Å². The quantitative estimate of drug-likeness (QED) is 0.375. The Labute approximate surface area is 192 Å². The molecule has 0 aromatic heterocycles. The van der Waals surface area contributed by atoms with Crippen LogP contribution in [0.5, 0.6) is 0 Å². The molecule has 2 aliphatic carbocycles. The third-order valence-corrected chi connectivity index (χ3v) is 10.4. The zero-order chi connectivity index (χ0) is 18.5. The van der Waals surface area contributed by atoms with E-state index in [1.165, 1.54) is 12.8 Å². The van der Waals surface area contributed by atoms with Crippen LogP contribution in [0.15, 0.2) is 42.0 Å². The molecule has 0 aliphatic heterocycles. The standard InChI is InChI=1S/2C10H17OSi.2ClH.Zr/c2*1-12(2,3)11-9-8-10-6-4-5-7-10;;;/h2*4,6H,5,8-9H2,1-3H3;2*1H;/q;;;;+2/p-2. The molecule has 0 aromatic carbocycles. The fourth-order valence-corrected chi connectivity index (χ4v) is 8.17. The Balaban J connectivity index is 0.00000338. The van der Waals surface area contributed by atoms with Crippen LogP contribution in [-0.2, 0) is 32.1 Å². The third kappa shape index (κ3) is 10.9. The third-order valence-electron chi connectivity index (χ3n) is 4.17. The van der Waals surface area contributed by atoms with Gasteiger partial charge in [0.25, 0.3) is 0 Å². The maximum absolute atomic E-state index is 6.07. The fraction of sp³-hybridized carbons (Fsp3) is 0.600. The molecule has 0 radical (unpaired) electrons. The molecule has 0 fully saturated rings. The van der Waals surface area contributed by atoms with Crippen LogP contribution >= 0.6 is 0 Å². The van der Waals surface area contributed by atoms with Crippen LogP contribution < -0.4 is 24.8 Å². The second-order valence-corrected chi connectivity index (χ2v) is 21.4. The van der Waals surface area contributed by atoms with Gasteiger partial charge >= 0.3 is 169 Å². The summed E-state index contributed by atoms with van der Waals surface area (Å²) in [6.07, 6.45) is 14.0. The van der Waals surface area contributed by atoms with Crippen LogP contribution in [0.2, 0.25) is 39.3 Å². The van der Waals surface area contributed by atoms with Crippen LogP contribution in [0, 0.1) is 0 Å². The van der Waals surface area contributed by atoms with Crippen LogP contribution in [0.4, 0.5) is 0 Å². The molecule has 7 heteroatoms. The van der Waals surface area contributed by atoms with Crippen molar-refractivity contribution in [2.75, 3.05) is 13.2 Å². The van der Waals surface area contributed by atoms with Crippen molar-refractivity contribution in [2.45, 2.75) is 65.0 Å². The Bertz CT molecular complexity index is 548. The minimum Gasteiger partial charge on any atom is -1.00 e. The second-order valence-electron chi connectivity index (χ2n) is 8.77. The molecule has 0 saturated heterocycles. The minimum atomic E-state index is -1.39. The molecule has 0 heterocycles. The Morgan fingerprint density at radius 3 is 1.44 bits per heavy atom. The van der Waals surface area contributed by atoms with Gasteiger partial charge in [0.2, 0.25) is 0 Å². The first kappa shape index (κ1) is 27.8. The molecular weight excluding hydrogens is 491 g/mol. The summed E-state index contributed by atoms with van der Waals surface area (Å²) in [6.45, 7) is 15.4. The van der Waals surface area contributed by atoms with Crippen molar-refractivity contribution in [3.05, 3.63) is 42.0 Å². The molecule has 27 heavy (non-hydrogen) atoms. The van der Waals surface area contributed by atoms with Crippen LogP contribution in [0.25, 0.3) is 0 Å². The SMILES string of the molecule is C[Si](C)(C)OCCC1=[C]([Zr+2][C]2=C(CCO[Si](C)(C)C)C=CC2)CC=C1.[Cl-].[Cl-]. The van der Waals surface area contributed by atoms with Gasteiger partial charge in [0.15, 0.2) is 0 Å². The van der Waals surface area contributed by atoms with E-state index in [9.17, 15) is 0 Å². The van der Waals surface area contributed by atoms with E-state index < -0.39 is 39.9 Å². The summed E-state index contributed by atoms with van der Waals surface area (Å²) in [4.78, 5) is 0. The summed E-state index contributed by atoms with van der Waals surface area (Å²) in [6, 6.07) is 0. The van der Waals surface area contributed by atoms with Crippen molar-refractivity contribution >= 4 is 16.6 Å². The van der Waals surface area contributed by atoms with Crippen LogP contribution in [0.1, 0.15) is 25.7 Å². The van der Waals surface area contributed by atoms with E-state index in [2.05, 4.69) is 63.6 Å². The molecule has 0 unspecified atom stereocenters. The molecule has 0 aromatic rings. The van der Waals surface area contributed by atoms with Gasteiger partial charge in [-0.15, -0.1) is 0 Å². The molecule has 0 bridgehead atoms. The van der Waals surface area contributed by atoms with Gasteiger partial charge in [-0.3, -0.25) is 0 Å².